The van der Waals surface area contributed by atoms with Gasteiger partial charge in [0, 0.05) is 50.4 Å². The van der Waals surface area contributed by atoms with E-state index in [1.165, 1.54) is 25.7 Å². The molecule has 1 spiro atoms. The van der Waals surface area contributed by atoms with E-state index in [4.69, 9.17) is 4.74 Å². The number of urea groups is 1. The topological polar surface area (TPSA) is 70.7 Å². The average Bonchev–Trinajstić information content (AvgIpc) is 2.77. The molecule has 1 atom stereocenters. The molecule has 3 amide bonds. The zero-order chi connectivity index (χ0) is 22.0. The Bertz CT molecular complexity index is 823. The lowest BCUT2D eigenvalue weighted by molar-refractivity contribution is -0.123. The lowest BCUT2D eigenvalue weighted by Crippen LogP contribution is -2.55. The number of nitrogens with zero attached hydrogens (tertiary/aromatic N) is 1. The lowest BCUT2D eigenvalue weighted by Gasteiger charge is -2.47. The van der Waals surface area contributed by atoms with Gasteiger partial charge in [0.1, 0.15) is 11.4 Å². The lowest BCUT2D eigenvalue weighted by atomic mass is 9.76. The number of nitrogens with one attached hydrogen (secondary N) is 2. The van der Waals surface area contributed by atoms with Gasteiger partial charge in [-0.15, -0.1) is 0 Å². The second-order valence-corrected chi connectivity index (χ2v) is 10.4. The highest BCUT2D eigenvalue weighted by Gasteiger charge is 2.44. The van der Waals surface area contributed by atoms with Gasteiger partial charge in [-0.05, 0) is 50.2 Å². The van der Waals surface area contributed by atoms with E-state index in [1.807, 2.05) is 23.1 Å². The van der Waals surface area contributed by atoms with Crippen LogP contribution >= 0.6 is 0 Å². The van der Waals surface area contributed by atoms with Crippen LogP contribution in [0.25, 0.3) is 0 Å². The number of carbonyl (C=O) groups is 2. The van der Waals surface area contributed by atoms with Gasteiger partial charge < -0.3 is 20.3 Å². The fraction of sp³-hybridized carbons (Fsp3) is 0.692. The van der Waals surface area contributed by atoms with Crippen molar-refractivity contribution in [2.75, 3.05) is 13.1 Å². The van der Waals surface area contributed by atoms with Crippen LogP contribution in [-0.2, 0) is 4.79 Å². The van der Waals surface area contributed by atoms with Crippen LogP contribution in [0.15, 0.2) is 24.3 Å². The van der Waals surface area contributed by atoms with Crippen molar-refractivity contribution in [1.82, 2.24) is 15.5 Å². The Hall–Kier alpha value is -2.24. The molecule has 1 saturated heterocycles. The SMILES string of the molecule is O=C(C[C@@H]1CC2(CCN(C(=O)NC3CCCCC3)CC2)Oc2ccccc21)NC1CCC1. The van der Waals surface area contributed by atoms with Crippen molar-refractivity contribution in [2.24, 2.45) is 0 Å². The summed E-state index contributed by atoms with van der Waals surface area (Å²) in [5, 5.41) is 6.46. The first kappa shape index (κ1) is 21.6. The van der Waals surface area contributed by atoms with Gasteiger partial charge in [0.15, 0.2) is 0 Å². The zero-order valence-corrected chi connectivity index (χ0v) is 19.1. The van der Waals surface area contributed by atoms with E-state index in [9.17, 15) is 9.59 Å². The number of ether oxygens (including phenoxy) is 1. The third-order valence-corrected chi connectivity index (χ3v) is 8.10. The first-order chi connectivity index (χ1) is 15.6. The molecule has 32 heavy (non-hydrogen) atoms. The van der Waals surface area contributed by atoms with E-state index in [0.29, 0.717) is 31.6 Å². The molecule has 6 heteroatoms. The first-order valence-corrected chi connectivity index (χ1v) is 12.7. The second-order valence-electron chi connectivity index (χ2n) is 10.4. The molecule has 1 aromatic carbocycles. The van der Waals surface area contributed by atoms with Gasteiger partial charge in [-0.2, -0.15) is 0 Å². The number of rotatable bonds is 4. The molecule has 0 radical (unpaired) electrons. The summed E-state index contributed by atoms with van der Waals surface area (Å²) in [6.45, 7) is 1.42. The van der Waals surface area contributed by atoms with Gasteiger partial charge in [0.2, 0.25) is 5.91 Å². The molecule has 1 aromatic rings. The minimum atomic E-state index is -0.280. The van der Waals surface area contributed by atoms with Crippen molar-refractivity contribution >= 4 is 11.9 Å². The van der Waals surface area contributed by atoms with Crippen LogP contribution in [0, 0.1) is 0 Å². The minimum Gasteiger partial charge on any atom is -0.487 e. The number of benzene rings is 1. The third-order valence-electron chi connectivity index (χ3n) is 8.10. The van der Waals surface area contributed by atoms with E-state index in [1.54, 1.807) is 0 Å². The van der Waals surface area contributed by atoms with Crippen LogP contribution in [0.3, 0.4) is 0 Å². The van der Waals surface area contributed by atoms with Gasteiger partial charge in [0.25, 0.3) is 0 Å². The number of carbonyl (C=O) groups excluding carboxylic acids is 2. The molecule has 2 aliphatic carbocycles. The Labute approximate surface area is 191 Å². The molecule has 3 fully saturated rings. The second kappa shape index (κ2) is 9.32. The summed E-state index contributed by atoms with van der Waals surface area (Å²) in [5.41, 5.74) is 0.872. The van der Waals surface area contributed by atoms with Crippen molar-refractivity contribution < 1.29 is 14.3 Å². The highest BCUT2D eigenvalue weighted by atomic mass is 16.5. The summed E-state index contributed by atoms with van der Waals surface area (Å²) in [6, 6.07) is 8.98. The number of hydrogen-bond acceptors (Lipinski definition) is 3. The summed E-state index contributed by atoms with van der Waals surface area (Å²) in [5.74, 6) is 1.25. The average molecular weight is 440 g/mol. The number of piperidine rings is 1. The van der Waals surface area contributed by atoms with E-state index in [2.05, 4.69) is 16.7 Å². The molecule has 174 valence electrons. The standard InChI is InChI=1S/C26H37N3O3/c30-24(27-20-9-6-10-20)17-19-18-26(32-23-12-5-4-11-22(19)23)13-15-29(16-14-26)25(31)28-21-7-2-1-3-8-21/h4-5,11-12,19-21H,1-3,6-10,13-18H2,(H,27,30)(H,28,31)/t19-/m1/s1. The van der Waals surface area contributed by atoms with Gasteiger partial charge in [-0.25, -0.2) is 4.79 Å². The molecular formula is C26H37N3O3. The number of amides is 3. The number of para-hydroxylation sites is 1. The Kier molecular flexibility index (Phi) is 6.29. The number of likely N-dealkylation sites (tertiary alicyclic amines) is 1. The Morgan fingerprint density at radius 1 is 0.938 bits per heavy atom. The van der Waals surface area contributed by atoms with Crippen molar-refractivity contribution in [1.29, 1.82) is 0 Å². The molecule has 6 nitrogen and oxygen atoms in total. The third kappa shape index (κ3) is 4.74. The van der Waals surface area contributed by atoms with Crippen LogP contribution in [0.5, 0.6) is 5.75 Å². The molecule has 4 aliphatic rings. The van der Waals surface area contributed by atoms with Crippen LogP contribution in [0.4, 0.5) is 4.79 Å². The normalized spacial score (nSPS) is 25.4. The highest BCUT2D eigenvalue weighted by Crippen LogP contribution is 2.46. The van der Waals surface area contributed by atoms with Gasteiger partial charge in [-0.1, -0.05) is 37.5 Å². The highest BCUT2D eigenvalue weighted by molar-refractivity contribution is 5.77. The molecule has 0 bridgehead atoms. The molecular weight excluding hydrogens is 402 g/mol. The number of hydrogen-bond donors (Lipinski definition) is 2. The van der Waals surface area contributed by atoms with Crippen molar-refractivity contribution in [2.45, 2.75) is 101 Å². The van der Waals surface area contributed by atoms with E-state index in [-0.39, 0.29) is 23.5 Å². The maximum absolute atomic E-state index is 12.8. The number of fused-ring (bicyclic) bond motifs is 1. The molecule has 5 rings (SSSR count). The first-order valence-electron chi connectivity index (χ1n) is 12.7. The van der Waals surface area contributed by atoms with Crippen molar-refractivity contribution in [3.63, 3.8) is 0 Å². The fourth-order valence-corrected chi connectivity index (χ4v) is 5.93. The summed E-state index contributed by atoms with van der Waals surface area (Å²) in [6.07, 6.45) is 12.4. The van der Waals surface area contributed by atoms with Crippen molar-refractivity contribution in [3.05, 3.63) is 29.8 Å². The fourth-order valence-electron chi connectivity index (χ4n) is 5.93. The van der Waals surface area contributed by atoms with Gasteiger partial charge in [0.05, 0.1) is 0 Å². The summed E-state index contributed by atoms with van der Waals surface area (Å²) < 4.78 is 6.57. The van der Waals surface area contributed by atoms with E-state index < -0.39 is 0 Å². The van der Waals surface area contributed by atoms with Crippen LogP contribution < -0.4 is 15.4 Å². The van der Waals surface area contributed by atoms with E-state index >= 15 is 0 Å². The summed E-state index contributed by atoms with van der Waals surface area (Å²) in [7, 11) is 0. The minimum absolute atomic E-state index is 0.0828. The monoisotopic (exact) mass is 439 g/mol. The molecule has 0 aromatic heterocycles. The summed E-state index contributed by atoms with van der Waals surface area (Å²) >= 11 is 0. The van der Waals surface area contributed by atoms with Gasteiger partial charge >= 0.3 is 6.03 Å². The molecule has 2 saturated carbocycles. The Balaban J connectivity index is 1.22. The quantitative estimate of drug-likeness (QED) is 0.726. The maximum atomic E-state index is 12.8. The molecule has 0 unspecified atom stereocenters. The maximum Gasteiger partial charge on any atom is 0.317 e. The van der Waals surface area contributed by atoms with Crippen LogP contribution in [-0.4, -0.2) is 47.6 Å². The Morgan fingerprint density at radius 2 is 1.62 bits per heavy atom. The van der Waals surface area contributed by atoms with Crippen molar-refractivity contribution in [3.8, 4) is 5.75 Å². The van der Waals surface area contributed by atoms with Crippen LogP contribution in [0.2, 0.25) is 0 Å². The molecule has 2 aliphatic heterocycles. The predicted molar refractivity (Wildman–Crippen MR) is 124 cm³/mol. The Morgan fingerprint density at radius 3 is 2.34 bits per heavy atom. The molecule has 2 heterocycles. The largest absolute Gasteiger partial charge is 0.487 e. The van der Waals surface area contributed by atoms with Gasteiger partial charge in [-0.3, -0.25) is 4.79 Å². The van der Waals surface area contributed by atoms with Crippen LogP contribution in [0.1, 0.15) is 88.5 Å². The van der Waals surface area contributed by atoms with E-state index in [0.717, 1.165) is 56.3 Å². The molecule has 2 N–H and O–H groups in total. The zero-order valence-electron chi connectivity index (χ0n) is 19.1. The predicted octanol–water partition coefficient (Wildman–Crippen LogP) is 4.49. The smallest absolute Gasteiger partial charge is 0.317 e. The summed E-state index contributed by atoms with van der Waals surface area (Å²) in [4.78, 5) is 27.5.